The molecular formula is C33H65NO3. The van der Waals surface area contributed by atoms with Crippen molar-refractivity contribution in [2.45, 2.75) is 187 Å². The molecule has 0 unspecified atom stereocenters. The molecule has 0 aliphatic heterocycles. The van der Waals surface area contributed by atoms with Gasteiger partial charge in [0.05, 0.1) is 18.8 Å². The predicted octanol–water partition coefficient (Wildman–Crippen LogP) is 9.17. The van der Waals surface area contributed by atoms with E-state index in [9.17, 15) is 15.0 Å². The summed E-state index contributed by atoms with van der Waals surface area (Å²) in [7, 11) is 0. The summed E-state index contributed by atoms with van der Waals surface area (Å²) < 4.78 is 0. The van der Waals surface area contributed by atoms with Crippen molar-refractivity contribution >= 4 is 5.91 Å². The number of allylic oxidation sites excluding steroid dienone is 2. The number of unbranched alkanes of at least 4 members (excludes halogenated alkanes) is 20. The Balaban J connectivity index is 3.60. The molecule has 37 heavy (non-hydrogen) atoms. The Hall–Kier alpha value is -0.870. The van der Waals surface area contributed by atoms with Crippen LogP contribution in [-0.2, 0) is 4.79 Å². The summed E-state index contributed by atoms with van der Waals surface area (Å²) in [6.07, 6.45) is 34.0. The summed E-state index contributed by atoms with van der Waals surface area (Å²) in [4.78, 5) is 12.3. The van der Waals surface area contributed by atoms with Crippen LogP contribution >= 0.6 is 0 Å². The van der Waals surface area contributed by atoms with Gasteiger partial charge in [0.2, 0.25) is 5.91 Å². The topological polar surface area (TPSA) is 69.6 Å². The van der Waals surface area contributed by atoms with E-state index in [4.69, 9.17) is 0 Å². The van der Waals surface area contributed by atoms with Gasteiger partial charge in [-0.3, -0.25) is 4.79 Å². The van der Waals surface area contributed by atoms with Gasteiger partial charge < -0.3 is 15.5 Å². The van der Waals surface area contributed by atoms with Crippen molar-refractivity contribution in [3.63, 3.8) is 0 Å². The van der Waals surface area contributed by atoms with Crippen LogP contribution in [0.4, 0.5) is 0 Å². The Morgan fingerprint density at radius 3 is 1.49 bits per heavy atom. The third-order valence-electron chi connectivity index (χ3n) is 7.53. The minimum Gasteiger partial charge on any atom is -0.394 e. The molecule has 3 N–H and O–H groups in total. The molecule has 4 nitrogen and oxygen atoms in total. The third kappa shape index (κ3) is 26.5. The zero-order valence-corrected chi connectivity index (χ0v) is 25.0. The average Bonchev–Trinajstić information content (AvgIpc) is 2.90. The van der Waals surface area contributed by atoms with Crippen molar-refractivity contribution in [3.8, 4) is 0 Å². The highest BCUT2D eigenvalue weighted by molar-refractivity contribution is 5.76. The van der Waals surface area contributed by atoms with Crippen LogP contribution in [0.2, 0.25) is 0 Å². The molecule has 0 heterocycles. The Bertz CT molecular complexity index is 494. The minimum atomic E-state index is -0.673. The molecule has 2 atom stereocenters. The lowest BCUT2D eigenvalue weighted by Crippen LogP contribution is -2.45. The lowest BCUT2D eigenvalue weighted by molar-refractivity contribution is -0.123. The van der Waals surface area contributed by atoms with E-state index in [1.54, 1.807) is 0 Å². The van der Waals surface area contributed by atoms with Crippen LogP contribution in [0.15, 0.2) is 12.2 Å². The number of aliphatic hydroxyl groups is 2. The van der Waals surface area contributed by atoms with Crippen LogP contribution in [0, 0.1) is 0 Å². The Kier molecular flexibility index (Phi) is 29.0. The number of hydrogen-bond acceptors (Lipinski definition) is 3. The van der Waals surface area contributed by atoms with Crippen LogP contribution in [0.5, 0.6) is 0 Å². The van der Waals surface area contributed by atoms with Crippen LogP contribution in [0.1, 0.15) is 174 Å². The van der Waals surface area contributed by atoms with Crippen LogP contribution in [-0.4, -0.2) is 34.9 Å². The van der Waals surface area contributed by atoms with E-state index < -0.39 is 12.1 Å². The van der Waals surface area contributed by atoms with Crippen LogP contribution in [0.3, 0.4) is 0 Å². The van der Waals surface area contributed by atoms with Crippen molar-refractivity contribution in [1.29, 1.82) is 0 Å². The zero-order chi connectivity index (χ0) is 27.2. The van der Waals surface area contributed by atoms with Gasteiger partial charge in [0.1, 0.15) is 0 Å². The van der Waals surface area contributed by atoms with Gasteiger partial charge in [0.25, 0.3) is 0 Å². The van der Waals surface area contributed by atoms with E-state index in [2.05, 4.69) is 31.3 Å². The number of rotatable bonds is 29. The van der Waals surface area contributed by atoms with Crippen LogP contribution < -0.4 is 5.32 Å². The summed E-state index contributed by atoms with van der Waals surface area (Å²) in [5.41, 5.74) is 0. The summed E-state index contributed by atoms with van der Waals surface area (Å²) in [5, 5.41) is 22.9. The molecule has 0 fully saturated rings. The molecular weight excluding hydrogens is 458 g/mol. The first-order valence-electron chi connectivity index (χ1n) is 16.4. The quantitative estimate of drug-likeness (QED) is 0.0676. The molecule has 0 spiro atoms. The van der Waals surface area contributed by atoms with Gasteiger partial charge in [0, 0.05) is 6.42 Å². The van der Waals surface area contributed by atoms with Crippen LogP contribution in [0.25, 0.3) is 0 Å². The highest BCUT2D eigenvalue weighted by Gasteiger charge is 2.19. The van der Waals surface area contributed by atoms with E-state index in [1.807, 2.05) is 0 Å². The standard InChI is InChI=1S/C33H65NO3/c1-3-5-7-9-11-13-15-16-17-19-21-23-25-27-29-33(37)34-31(30-35)32(36)28-26-24-22-20-18-14-12-10-8-6-4-2/h18,20,31-32,35-36H,3-17,19,21-30H2,1-2H3,(H,34,37)/b20-18+/t31-,32+/m0/s1. The van der Waals surface area contributed by atoms with E-state index in [-0.39, 0.29) is 12.5 Å². The van der Waals surface area contributed by atoms with Crippen molar-refractivity contribution in [1.82, 2.24) is 5.32 Å². The van der Waals surface area contributed by atoms with E-state index >= 15 is 0 Å². The molecule has 0 aliphatic rings. The molecule has 0 saturated heterocycles. The summed E-state index contributed by atoms with van der Waals surface area (Å²) in [6.45, 7) is 4.31. The lowest BCUT2D eigenvalue weighted by Gasteiger charge is -2.22. The molecule has 0 aromatic heterocycles. The van der Waals surface area contributed by atoms with Crippen molar-refractivity contribution in [2.24, 2.45) is 0 Å². The number of hydrogen-bond donors (Lipinski definition) is 3. The molecule has 1 amide bonds. The lowest BCUT2D eigenvalue weighted by atomic mass is 10.0. The Morgan fingerprint density at radius 1 is 0.622 bits per heavy atom. The monoisotopic (exact) mass is 523 g/mol. The van der Waals surface area contributed by atoms with Crippen molar-refractivity contribution < 1.29 is 15.0 Å². The minimum absolute atomic E-state index is 0.0427. The molecule has 0 aromatic carbocycles. The average molecular weight is 524 g/mol. The Morgan fingerprint density at radius 2 is 1.03 bits per heavy atom. The summed E-state index contributed by atoms with van der Waals surface area (Å²) in [6, 6.07) is -0.544. The molecule has 220 valence electrons. The second-order valence-electron chi connectivity index (χ2n) is 11.2. The number of aliphatic hydroxyl groups excluding tert-OH is 2. The highest BCUT2D eigenvalue weighted by Crippen LogP contribution is 2.14. The van der Waals surface area contributed by atoms with Gasteiger partial charge in [-0.25, -0.2) is 0 Å². The molecule has 0 saturated carbocycles. The second kappa shape index (κ2) is 29.7. The number of carbonyl (C=O) groups is 1. The van der Waals surface area contributed by atoms with Gasteiger partial charge in [0.15, 0.2) is 0 Å². The predicted molar refractivity (Wildman–Crippen MR) is 161 cm³/mol. The highest BCUT2D eigenvalue weighted by atomic mass is 16.3. The van der Waals surface area contributed by atoms with Gasteiger partial charge in [-0.1, -0.05) is 142 Å². The van der Waals surface area contributed by atoms with E-state index in [1.165, 1.54) is 116 Å². The number of carbonyl (C=O) groups excluding carboxylic acids is 1. The molecule has 0 aliphatic carbocycles. The Labute approximate surface area is 231 Å². The first-order valence-corrected chi connectivity index (χ1v) is 16.4. The van der Waals surface area contributed by atoms with Gasteiger partial charge in [-0.05, 0) is 38.5 Å². The molecule has 0 aromatic rings. The maximum atomic E-state index is 12.3. The summed E-state index contributed by atoms with van der Waals surface area (Å²) in [5.74, 6) is -0.0427. The summed E-state index contributed by atoms with van der Waals surface area (Å²) >= 11 is 0. The largest absolute Gasteiger partial charge is 0.394 e. The number of amides is 1. The molecule has 4 heteroatoms. The van der Waals surface area contributed by atoms with Crippen molar-refractivity contribution in [3.05, 3.63) is 12.2 Å². The fourth-order valence-electron chi connectivity index (χ4n) is 4.94. The van der Waals surface area contributed by atoms with E-state index in [0.717, 1.165) is 32.1 Å². The van der Waals surface area contributed by atoms with Gasteiger partial charge in [-0.15, -0.1) is 0 Å². The smallest absolute Gasteiger partial charge is 0.220 e. The molecule has 0 bridgehead atoms. The first-order chi connectivity index (χ1) is 18.2. The first kappa shape index (κ1) is 36.1. The maximum Gasteiger partial charge on any atom is 0.220 e. The third-order valence-corrected chi connectivity index (χ3v) is 7.53. The second-order valence-corrected chi connectivity index (χ2v) is 11.2. The normalized spacial score (nSPS) is 13.3. The zero-order valence-electron chi connectivity index (χ0n) is 25.0. The number of nitrogens with one attached hydrogen (secondary N) is 1. The maximum absolute atomic E-state index is 12.3. The van der Waals surface area contributed by atoms with Gasteiger partial charge in [-0.2, -0.15) is 0 Å². The SMILES string of the molecule is CCCCCCC/C=C/CCCC[C@@H](O)[C@H](CO)NC(=O)CCCCCCCCCCCCCCCC. The molecule has 0 radical (unpaired) electrons. The van der Waals surface area contributed by atoms with E-state index in [0.29, 0.717) is 12.8 Å². The van der Waals surface area contributed by atoms with Gasteiger partial charge >= 0.3 is 0 Å². The fourth-order valence-corrected chi connectivity index (χ4v) is 4.94. The molecule has 0 rings (SSSR count). The fraction of sp³-hybridized carbons (Fsp3) is 0.909. The van der Waals surface area contributed by atoms with Crippen molar-refractivity contribution in [2.75, 3.05) is 6.61 Å².